The van der Waals surface area contributed by atoms with Crippen molar-refractivity contribution in [2.45, 2.75) is 17.9 Å². The molecule has 142 valence electrons. The summed E-state index contributed by atoms with van der Waals surface area (Å²) < 4.78 is 4.99. The van der Waals surface area contributed by atoms with Gasteiger partial charge < -0.3 is 20.5 Å². The van der Waals surface area contributed by atoms with Crippen LogP contribution in [0.3, 0.4) is 0 Å². The van der Waals surface area contributed by atoms with Crippen molar-refractivity contribution >= 4 is 30.6 Å². The summed E-state index contributed by atoms with van der Waals surface area (Å²) in [6, 6.07) is 16.6. The van der Waals surface area contributed by atoms with Crippen molar-refractivity contribution in [1.82, 2.24) is 10.6 Å². The van der Waals surface area contributed by atoms with Crippen LogP contribution in [0, 0.1) is 0 Å². The number of aliphatic carboxylic acids is 1. The molecule has 0 saturated heterocycles. The minimum Gasteiger partial charge on any atom is -0.480 e. The van der Waals surface area contributed by atoms with E-state index in [1.54, 1.807) is 42.5 Å². The van der Waals surface area contributed by atoms with E-state index in [1.807, 2.05) is 18.2 Å². The highest BCUT2D eigenvalue weighted by Crippen LogP contribution is 2.23. The van der Waals surface area contributed by atoms with Crippen LogP contribution >= 0.6 is 12.6 Å². The number of carbonyl (C=O) groups excluding carboxylic acids is 2. The summed E-state index contributed by atoms with van der Waals surface area (Å²) in [5.41, 5.74) is 1.47. The van der Waals surface area contributed by atoms with Crippen LogP contribution in [-0.4, -0.2) is 35.7 Å². The van der Waals surface area contributed by atoms with E-state index in [0.29, 0.717) is 5.56 Å². The number of benzene rings is 2. The molecule has 8 heteroatoms. The highest BCUT2D eigenvalue weighted by atomic mass is 32.1. The second-order valence-corrected chi connectivity index (χ2v) is 6.21. The van der Waals surface area contributed by atoms with Gasteiger partial charge in [-0.2, -0.15) is 12.6 Å². The normalized spacial score (nSPS) is 12.5. The molecule has 0 fully saturated rings. The van der Waals surface area contributed by atoms with Crippen LogP contribution in [0.5, 0.6) is 0 Å². The number of alkyl carbamates (subject to hydrolysis) is 1. The summed E-state index contributed by atoms with van der Waals surface area (Å²) in [6.07, 6.45) is -0.772. The number of amides is 2. The zero-order valence-electron chi connectivity index (χ0n) is 14.4. The molecule has 2 atom stereocenters. The smallest absolute Gasteiger partial charge is 0.407 e. The number of hydrogen-bond acceptors (Lipinski definition) is 5. The minimum absolute atomic E-state index is 0.0682. The predicted molar refractivity (Wildman–Crippen MR) is 102 cm³/mol. The van der Waals surface area contributed by atoms with Crippen LogP contribution < -0.4 is 10.6 Å². The Labute approximate surface area is 162 Å². The molecule has 3 N–H and O–H groups in total. The maximum absolute atomic E-state index is 12.0. The van der Waals surface area contributed by atoms with Gasteiger partial charge >= 0.3 is 12.1 Å². The molecule has 7 nitrogen and oxygen atoms in total. The number of carboxylic acid groups (broad SMARTS) is 1. The van der Waals surface area contributed by atoms with Crippen LogP contribution in [0.1, 0.15) is 16.4 Å². The minimum atomic E-state index is -1.25. The van der Waals surface area contributed by atoms with E-state index in [0.717, 1.165) is 5.56 Å². The topological polar surface area (TPSA) is 105 Å². The summed E-state index contributed by atoms with van der Waals surface area (Å²) in [6.45, 7) is -0.342. The van der Waals surface area contributed by atoms with Crippen LogP contribution in [0.2, 0.25) is 0 Å². The molecule has 1 unspecified atom stereocenters. The van der Waals surface area contributed by atoms with E-state index in [-0.39, 0.29) is 6.61 Å². The SMILES string of the molecule is O=C(CNC(=O)OCc1ccccc1)NC(C(=O)O)[C@@H](S)c1ccccc1. The predicted octanol–water partition coefficient (Wildman–Crippen LogP) is 2.15. The zero-order valence-corrected chi connectivity index (χ0v) is 15.3. The molecule has 0 aliphatic heterocycles. The molecule has 27 heavy (non-hydrogen) atoms. The van der Waals surface area contributed by atoms with Crippen molar-refractivity contribution in [1.29, 1.82) is 0 Å². The number of nitrogens with one attached hydrogen (secondary N) is 2. The fourth-order valence-corrected chi connectivity index (χ4v) is 2.64. The van der Waals surface area contributed by atoms with Gasteiger partial charge in [0.2, 0.25) is 5.91 Å². The first kappa shape index (κ1) is 20.3. The number of carbonyl (C=O) groups is 3. The van der Waals surface area contributed by atoms with Crippen molar-refractivity contribution in [2.24, 2.45) is 0 Å². The van der Waals surface area contributed by atoms with Gasteiger partial charge in [0.1, 0.15) is 19.2 Å². The van der Waals surface area contributed by atoms with Gasteiger partial charge in [-0.1, -0.05) is 60.7 Å². The fourth-order valence-electron chi connectivity index (χ4n) is 2.27. The Morgan fingerprint density at radius 3 is 2.19 bits per heavy atom. The first-order chi connectivity index (χ1) is 13.0. The molecule has 0 radical (unpaired) electrons. The summed E-state index contributed by atoms with van der Waals surface area (Å²) >= 11 is 4.30. The third-order valence-electron chi connectivity index (χ3n) is 3.65. The largest absolute Gasteiger partial charge is 0.480 e. The van der Waals surface area contributed by atoms with Crippen LogP contribution in [0.4, 0.5) is 4.79 Å². The van der Waals surface area contributed by atoms with Crippen molar-refractivity contribution in [2.75, 3.05) is 6.54 Å². The highest BCUT2D eigenvalue weighted by molar-refractivity contribution is 7.80. The van der Waals surface area contributed by atoms with Gasteiger partial charge in [0.15, 0.2) is 0 Å². The number of thiol groups is 1. The first-order valence-corrected chi connectivity index (χ1v) is 8.68. The average Bonchev–Trinajstić information content (AvgIpc) is 2.69. The van der Waals surface area contributed by atoms with Crippen LogP contribution in [0.25, 0.3) is 0 Å². The standard InChI is InChI=1S/C19H20N2O5S/c22-15(11-20-19(25)26-12-13-7-3-1-4-8-13)21-16(18(23)24)17(27)14-9-5-2-6-10-14/h1-10,16-17,27H,11-12H2,(H,20,25)(H,21,22)(H,23,24)/t16?,17-/m0/s1. The van der Waals surface area contributed by atoms with Gasteiger partial charge in [-0.25, -0.2) is 9.59 Å². The number of rotatable bonds is 8. The summed E-state index contributed by atoms with van der Waals surface area (Å²) in [7, 11) is 0. The molecule has 2 aromatic carbocycles. The molecule has 2 amide bonds. The van der Waals surface area contributed by atoms with Crippen molar-refractivity contribution in [3.63, 3.8) is 0 Å². The molecular weight excluding hydrogens is 368 g/mol. The fraction of sp³-hybridized carbons (Fsp3) is 0.211. The molecule has 0 heterocycles. The summed E-state index contributed by atoms with van der Waals surface area (Å²) in [5.74, 6) is -1.88. The third-order valence-corrected chi connectivity index (χ3v) is 4.24. The van der Waals surface area contributed by atoms with Gasteiger partial charge in [-0.3, -0.25) is 4.79 Å². The highest BCUT2D eigenvalue weighted by Gasteiger charge is 2.28. The maximum atomic E-state index is 12.0. The quantitative estimate of drug-likeness (QED) is 0.519. The lowest BCUT2D eigenvalue weighted by Gasteiger charge is -2.21. The van der Waals surface area contributed by atoms with Gasteiger partial charge in [0.25, 0.3) is 0 Å². The molecule has 2 aromatic rings. The van der Waals surface area contributed by atoms with E-state index < -0.39 is 35.8 Å². The molecule has 0 aliphatic carbocycles. The van der Waals surface area contributed by atoms with Crippen molar-refractivity contribution < 1.29 is 24.2 Å². The first-order valence-electron chi connectivity index (χ1n) is 8.17. The van der Waals surface area contributed by atoms with E-state index >= 15 is 0 Å². The molecule has 0 aromatic heterocycles. The second kappa shape index (κ2) is 10.2. The number of ether oxygens (including phenoxy) is 1. The number of hydrogen-bond donors (Lipinski definition) is 4. The molecule has 0 saturated carbocycles. The van der Waals surface area contributed by atoms with E-state index in [2.05, 4.69) is 23.3 Å². The summed E-state index contributed by atoms with van der Waals surface area (Å²) in [4.78, 5) is 35.1. The zero-order chi connectivity index (χ0) is 19.6. The van der Waals surface area contributed by atoms with E-state index in [9.17, 15) is 19.5 Å². The maximum Gasteiger partial charge on any atom is 0.407 e. The van der Waals surface area contributed by atoms with Crippen molar-refractivity contribution in [3.05, 3.63) is 71.8 Å². The Kier molecular flexibility index (Phi) is 7.69. The lowest BCUT2D eigenvalue weighted by Crippen LogP contribution is -2.47. The van der Waals surface area contributed by atoms with Gasteiger partial charge in [-0.15, -0.1) is 0 Å². The lowest BCUT2D eigenvalue weighted by molar-refractivity contribution is -0.141. The Morgan fingerprint density at radius 2 is 1.59 bits per heavy atom. The van der Waals surface area contributed by atoms with Crippen LogP contribution in [0.15, 0.2) is 60.7 Å². The number of carboxylic acids is 1. The molecular formula is C19H20N2O5S. The van der Waals surface area contributed by atoms with Crippen molar-refractivity contribution in [3.8, 4) is 0 Å². The Bertz CT molecular complexity index is 770. The Hall–Kier alpha value is -3.00. The van der Waals surface area contributed by atoms with Crippen LogP contribution in [-0.2, 0) is 20.9 Å². The van der Waals surface area contributed by atoms with E-state index in [1.165, 1.54) is 0 Å². The van der Waals surface area contributed by atoms with E-state index in [4.69, 9.17) is 4.74 Å². The molecule has 2 rings (SSSR count). The second-order valence-electron chi connectivity index (χ2n) is 5.65. The van der Waals surface area contributed by atoms with Gasteiger partial charge in [-0.05, 0) is 11.1 Å². The Morgan fingerprint density at radius 1 is 1.00 bits per heavy atom. The van der Waals surface area contributed by atoms with Gasteiger partial charge in [0.05, 0.1) is 5.25 Å². The third kappa shape index (κ3) is 6.67. The molecule has 0 bridgehead atoms. The average molecular weight is 388 g/mol. The molecule has 0 spiro atoms. The summed E-state index contributed by atoms with van der Waals surface area (Å²) in [5, 5.41) is 13.3. The lowest BCUT2D eigenvalue weighted by atomic mass is 10.1. The van der Waals surface area contributed by atoms with Gasteiger partial charge in [0, 0.05) is 0 Å². The molecule has 0 aliphatic rings. The Balaban J connectivity index is 1.81. The monoisotopic (exact) mass is 388 g/mol.